The minimum Gasteiger partial charge on any atom is -0.497 e. The van der Waals surface area contributed by atoms with Gasteiger partial charge in [0.2, 0.25) is 11.5 Å². The van der Waals surface area contributed by atoms with Crippen LogP contribution in [0.1, 0.15) is 16.1 Å². The van der Waals surface area contributed by atoms with Crippen LogP contribution < -0.4 is 15.8 Å². The predicted molar refractivity (Wildman–Crippen MR) is 62.9 cm³/mol. The number of methoxy groups -OCH3 is 1. The van der Waals surface area contributed by atoms with E-state index in [2.05, 4.69) is 20.3 Å². The molecular formula is C11H12N4O3. The van der Waals surface area contributed by atoms with E-state index in [0.717, 1.165) is 11.3 Å². The van der Waals surface area contributed by atoms with Gasteiger partial charge in [0.15, 0.2) is 0 Å². The van der Waals surface area contributed by atoms with Gasteiger partial charge in [-0.05, 0) is 28.0 Å². The molecule has 0 atom stereocenters. The van der Waals surface area contributed by atoms with Crippen molar-refractivity contribution in [1.82, 2.24) is 15.6 Å². The fourth-order valence-electron chi connectivity index (χ4n) is 1.40. The molecule has 7 heteroatoms. The Balaban J connectivity index is 1.99. The molecule has 1 aromatic carbocycles. The largest absolute Gasteiger partial charge is 0.497 e. The highest BCUT2D eigenvalue weighted by molar-refractivity contribution is 5.95. The number of carbonyl (C=O) groups is 1. The summed E-state index contributed by atoms with van der Waals surface area (Å²) in [6.07, 6.45) is 0. The number of amides is 1. The Kier molecular flexibility index (Phi) is 3.42. The van der Waals surface area contributed by atoms with E-state index in [1.165, 1.54) is 0 Å². The standard InChI is InChI=1S/C11H12N4O3/c1-17-8-4-2-3-7(5-8)6-13-11(16)9-10(12)15-18-14-9/h2-5H,6H2,1H3,(H2,12,15)(H,13,16). The van der Waals surface area contributed by atoms with Crippen LogP contribution in [0.15, 0.2) is 28.9 Å². The van der Waals surface area contributed by atoms with E-state index in [0.29, 0.717) is 6.54 Å². The number of nitrogens with zero attached hydrogens (tertiary/aromatic N) is 2. The summed E-state index contributed by atoms with van der Waals surface area (Å²) < 4.78 is 9.43. The van der Waals surface area contributed by atoms with Crippen LogP contribution in [-0.4, -0.2) is 23.3 Å². The maximum Gasteiger partial charge on any atom is 0.277 e. The molecule has 94 valence electrons. The summed E-state index contributed by atoms with van der Waals surface area (Å²) in [5.74, 6) is 0.263. The Morgan fingerprint density at radius 1 is 1.50 bits per heavy atom. The van der Waals surface area contributed by atoms with Crippen LogP contribution in [0, 0.1) is 0 Å². The first-order valence-corrected chi connectivity index (χ1v) is 5.20. The van der Waals surface area contributed by atoms with Gasteiger partial charge in [-0.15, -0.1) is 0 Å². The van der Waals surface area contributed by atoms with Gasteiger partial charge in [-0.1, -0.05) is 12.1 Å². The fourth-order valence-corrected chi connectivity index (χ4v) is 1.40. The molecule has 1 heterocycles. The van der Waals surface area contributed by atoms with Crippen molar-refractivity contribution in [3.8, 4) is 5.75 Å². The number of nitrogen functional groups attached to an aromatic ring is 1. The molecule has 7 nitrogen and oxygen atoms in total. The lowest BCUT2D eigenvalue weighted by atomic mass is 10.2. The lowest BCUT2D eigenvalue weighted by molar-refractivity contribution is 0.0941. The highest BCUT2D eigenvalue weighted by Crippen LogP contribution is 2.12. The summed E-state index contributed by atoms with van der Waals surface area (Å²) in [5.41, 5.74) is 6.29. The smallest absolute Gasteiger partial charge is 0.277 e. The van der Waals surface area contributed by atoms with Gasteiger partial charge in [0.05, 0.1) is 7.11 Å². The predicted octanol–water partition coefficient (Wildman–Crippen LogP) is 0.590. The van der Waals surface area contributed by atoms with Crippen LogP contribution in [0.5, 0.6) is 5.75 Å². The van der Waals surface area contributed by atoms with E-state index < -0.39 is 5.91 Å². The molecule has 0 radical (unpaired) electrons. The zero-order chi connectivity index (χ0) is 13.0. The first-order valence-electron chi connectivity index (χ1n) is 5.20. The van der Waals surface area contributed by atoms with Crippen LogP contribution in [0.4, 0.5) is 5.82 Å². The van der Waals surface area contributed by atoms with E-state index in [1.807, 2.05) is 24.3 Å². The van der Waals surface area contributed by atoms with Crippen LogP contribution in [0.25, 0.3) is 0 Å². The molecule has 0 fully saturated rings. The van der Waals surface area contributed by atoms with Gasteiger partial charge in [-0.3, -0.25) is 4.79 Å². The van der Waals surface area contributed by atoms with Crippen molar-refractivity contribution >= 4 is 11.7 Å². The summed E-state index contributed by atoms with van der Waals surface area (Å²) in [6, 6.07) is 7.36. The van der Waals surface area contributed by atoms with Crippen molar-refractivity contribution in [3.05, 3.63) is 35.5 Å². The fraction of sp³-hybridized carbons (Fsp3) is 0.182. The van der Waals surface area contributed by atoms with E-state index in [9.17, 15) is 4.79 Å². The Morgan fingerprint density at radius 3 is 3.00 bits per heavy atom. The van der Waals surface area contributed by atoms with Crippen molar-refractivity contribution in [1.29, 1.82) is 0 Å². The molecule has 0 aliphatic heterocycles. The SMILES string of the molecule is COc1cccc(CNC(=O)c2nonc2N)c1. The summed E-state index contributed by atoms with van der Waals surface area (Å²) in [6.45, 7) is 0.336. The third kappa shape index (κ3) is 2.57. The lowest BCUT2D eigenvalue weighted by Gasteiger charge is -2.05. The highest BCUT2D eigenvalue weighted by atomic mass is 16.6. The second kappa shape index (κ2) is 5.17. The number of rotatable bonds is 4. The van der Waals surface area contributed by atoms with Crippen molar-refractivity contribution in [3.63, 3.8) is 0 Å². The third-order valence-corrected chi connectivity index (χ3v) is 2.32. The topological polar surface area (TPSA) is 103 Å². The molecule has 0 unspecified atom stereocenters. The van der Waals surface area contributed by atoms with Gasteiger partial charge in [-0.2, -0.15) is 0 Å². The molecule has 0 spiro atoms. The van der Waals surface area contributed by atoms with Crippen molar-refractivity contribution in [2.24, 2.45) is 0 Å². The molecule has 1 amide bonds. The van der Waals surface area contributed by atoms with Gasteiger partial charge in [0.1, 0.15) is 5.75 Å². The molecule has 0 saturated heterocycles. The molecule has 0 aliphatic carbocycles. The first-order chi connectivity index (χ1) is 8.70. The molecule has 2 aromatic rings. The molecule has 1 aromatic heterocycles. The number of nitrogens with one attached hydrogen (secondary N) is 1. The van der Waals surface area contributed by atoms with Gasteiger partial charge >= 0.3 is 0 Å². The Bertz CT molecular complexity index is 553. The van der Waals surface area contributed by atoms with E-state index in [1.54, 1.807) is 7.11 Å². The van der Waals surface area contributed by atoms with Gasteiger partial charge in [0, 0.05) is 6.54 Å². The van der Waals surface area contributed by atoms with Crippen molar-refractivity contribution in [2.75, 3.05) is 12.8 Å². The number of carbonyl (C=O) groups excluding carboxylic acids is 1. The second-order valence-corrected chi connectivity index (χ2v) is 3.53. The number of ether oxygens (including phenoxy) is 1. The maximum atomic E-state index is 11.7. The molecule has 3 N–H and O–H groups in total. The quantitative estimate of drug-likeness (QED) is 0.820. The summed E-state index contributed by atoms with van der Waals surface area (Å²) in [7, 11) is 1.58. The Morgan fingerprint density at radius 2 is 2.33 bits per heavy atom. The molecule has 0 bridgehead atoms. The third-order valence-electron chi connectivity index (χ3n) is 2.32. The average Bonchev–Trinajstić information content (AvgIpc) is 2.82. The number of anilines is 1. The van der Waals surface area contributed by atoms with Crippen LogP contribution >= 0.6 is 0 Å². The Hall–Kier alpha value is -2.57. The normalized spacial score (nSPS) is 10.1. The minimum atomic E-state index is -0.434. The highest BCUT2D eigenvalue weighted by Gasteiger charge is 2.15. The van der Waals surface area contributed by atoms with Crippen LogP contribution in [-0.2, 0) is 6.54 Å². The van der Waals surface area contributed by atoms with Gasteiger partial charge < -0.3 is 15.8 Å². The average molecular weight is 248 g/mol. The molecule has 18 heavy (non-hydrogen) atoms. The van der Waals surface area contributed by atoms with Crippen LogP contribution in [0.2, 0.25) is 0 Å². The summed E-state index contributed by atoms with van der Waals surface area (Å²) in [4.78, 5) is 11.7. The van der Waals surface area contributed by atoms with Gasteiger partial charge in [-0.25, -0.2) is 4.63 Å². The van der Waals surface area contributed by atoms with Crippen molar-refractivity contribution < 1.29 is 14.2 Å². The zero-order valence-corrected chi connectivity index (χ0v) is 9.71. The molecule has 0 aliphatic rings. The molecular weight excluding hydrogens is 236 g/mol. The molecule has 2 rings (SSSR count). The summed E-state index contributed by atoms with van der Waals surface area (Å²) >= 11 is 0. The van der Waals surface area contributed by atoms with Crippen molar-refractivity contribution in [2.45, 2.75) is 6.54 Å². The monoisotopic (exact) mass is 248 g/mol. The number of hydrogen-bond donors (Lipinski definition) is 2. The number of aromatic nitrogens is 2. The van der Waals surface area contributed by atoms with E-state index >= 15 is 0 Å². The van der Waals surface area contributed by atoms with E-state index in [4.69, 9.17) is 10.5 Å². The first kappa shape index (κ1) is 11.9. The minimum absolute atomic E-state index is 0.0158. The zero-order valence-electron chi connectivity index (χ0n) is 9.71. The summed E-state index contributed by atoms with van der Waals surface area (Å²) in [5, 5.41) is 9.40. The van der Waals surface area contributed by atoms with E-state index in [-0.39, 0.29) is 11.5 Å². The number of benzene rings is 1. The number of hydrogen-bond acceptors (Lipinski definition) is 6. The maximum absolute atomic E-state index is 11.7. The molecule has 0 saturated carbocycles. The lowest BCUT2D eigenvalue weighted by Crippen LogP contribution is -2.24. The number of nitrogens with two attached hydrogens (primary N) is 1. The van der Waals surface area contributed by atoms with Gasteiger partial charge in [0.25, 0.3) is 5.91 Å². The second-order valence-electron chi connectivity index (χ2n) is 3.53. The Labute approximate surface area is 103 Å². The van der Waals surface area contributed by atoms with Crippen LogP contribution in [0.3, 0.4) is 0 Å².